The Hall–Kier alpha value is -0.190. The first kappa shape index (κ1) is 16.2. The molecule has 110 valence electrons. The molecule has 20 heavy (non-hydrogen) atoms. The van der Waals surface area contributed by atoms with Crippen molar-refractivity contribution in [2.24, 2.45) is 0 Å². The van der Waals surface area contributed by atoms with Crippen LogP contribution in [0, 0.1) is 0 Å². The van der Waals surface area contributed by atoms with Gasteiger partial charge in [0.05, 0.1) is 10.6 Å². The number of carbonyl (C=O) groups excluding carboxylic acids is 1. The fourth-order valence-electron chi connectivity index (χ4n) is 2.71. The predicted molar refractivity (Wildman–Crippen MR) is 90.3 cm³/mol. The minimum atomic E-state index is 0.0669. The molecule has 1 aromatic carbocycles. The predicted octanol–water partition coefficient (Wildman–Crippen LogP) is 4.84. The summed E-state index contributed by atoms with van der Waals surface area (Å²) in [6.45, 7) is 0.739. The molecule has 1 fully saturated rings. The minimum absolute atomic E-state index is 0.0669. The van der Waals surface area contributed by atoms with Crippen molar-refractivity contribution in [3.8, 4) is 0 Å². The lowest BCUT2D eigenvalue weighted by atomic mass is 10.1. The number of hydrogen-bond donors (Lipinski definition) is 0. The summed E-state index contributed by atoms with van der Waals surface area (Å²) < 4.78 is 0. The second-order valence-electron chi connectivity index (χ2n) is 4.97. The molecule has 0 saturated heterocycles. The van der Waals surface area contributed by atoms with E-state index in [9.17, 15) is 4.79 Å². The zero-order valence-electron chi connectivity index (χ0n) is 11.6. The molecule has 1 aromatic rings. The van der Waals surface area contributed by atoms with Crippen molar-refractivity contribution in [1.82, 2.24) is 4.90 Å². The van der Waals surface area contributed by atoms with Gasteiger partial charge in [-0.3, -0.25) is 4.79 Å². The highest BCUT2D eigenvalue weighted by atomic mass is 79.9. The van der Waals surface area contributed by atoms with Crippen LogP contribution in [0.1, 0.15) is 36.0 Å². The molecule has 0 spiro atoms. The number of hydrogen-bond acceptors (Lipinski definition) is 2. The van der Waals surface area contributed by atoms with Gasteiger partial charge in [-0.15, -0.1) is 11.8 Å². The topological polar surface area (TPSA) is 20.3 Å². The van der Waals surface area contributed by atoms with E-state index in [0.29, 0.717) is 16.6 Å². The lowest BCUT2D eigenvalue weighted by Crippen LogP contribution is -2.40. The maximum atomic E-state index is 12.8. The van der Waals surface area contributed by atoms with Crippen LogP contribution in [0.2, 0.25) is 5.02 Å². The lowest BCUT2D eigenvalue weighted by molar-refractivity contribution is 0.0696. The van der Waals surface area contributed by atoms with Gasteiger partial charge in [0, 0.05) is 22.8 Å². The zero-order valence-corrected chi connectivity index (χ0v) is 14.7. The van der Waals surface area contributed by atoms with Gasteiger partial charge in [0.25, 0.3) is 5.91 Å². The van der Waals surface area contributed by atoms with Gasteiger partial charge in [0.15, 0.2) is 0 Å². The summed E-state index contributed by atoms with van der Waals surface area (Å²) in [6, 6.07) is 6.05. The third-order valence-electron chi connectivity index (χ3n) is 3.76. The Labute approximate surface area is 138 Å². The van der Waals surface area contributed by atoms with Gasteiger partial charge in [-0.1, -0.05) is 40.4 Å². The monoisotopic (exact) mass is 375 g/mol. The first-order valence-corrected chi connectivity index (χ1v) is 9.60. The summed E-state index contributed by atoms with van der Waals surface area (Å²) in [7, 11) is 0. The van der Waals surface area contributed by atoms with E-state index in [-0.39, 0.29) is 5.91 Å². The Morgan fingerprint density at radius 2 is 2.15 bits per heavy atom. The second kappa shape index (κ2) is 7.71. The molecule has 1 aliphatic rings. The number of rotatable bonds is 5. The summed E-state index contributed by atoms with van der Waals surface area (Å²) in [4.78, 5) is 15.9. The maximum Gasteiger partial charge on any atom is 0.255 e. The molecule has 5 heteroatoms. The number of alkyl halides is 1. The van der Waals surface area contributed by atoms with E-state index in [2.05, 4.69) is 15.9 Å². The van der Waals surface area contributed by atoms with Gasteiger partial charge in [0.1, 0.15) is 0 Å². The van der Waals surface area contributed by atoms with E-state index in [4.69, 9.17) is 11.6 Å². The third-order valence-corrected chi connectivity index (χ3v) is 5.17. The quantitative estimate of drug-likeness (QED) is 0.541. The average Bonchev–Trinajstić information content (AvgIpc) is 2.98. The third kappa shape index (κ3) is 3.71. The van der Waals surface area contributed by atoms with Crippen molar-refractivity contribution < 1.29 is 4.79 Å². The molecule has 0 unspecified atom stereocenters. The first-order chi connectivity index (χ1) is 9.67. The van der Waals surface area contributed by atoms with Crippen LogP contribution in [-0.2, 0) is 0 Å². The van der Waals surface area contributed by atoms with Crippen molar-refractivity contribution in [3.63, 3.8) is 0 Å². The molecule has 0 aromatic heterocycles. The average molecular weight is 377 g/mol. The number of halogens is 2. The molecule has 0 aliphatic heterocycles. The number of nitrogens with zero attached hydrogens (tertiary/aromatic N) is 1. The molecule has 0 N–H and O–H groups in total. The fourth-order valence-corrected chi connectivity index (χ4v) is 3.73. The molecule has 2 rings (SSSR count). The Kier molecular flexibility index (Phi) is 6.24. The molecular formula is C15H19BrClNOS. The highest BCUT2D eigenvalue weighted by Crippen LogP contribution is 2.28. The van der Waals surface area contributed by atoms with Gasteiger partial charge in [-0.2, -0.15) is 0 Å². The van der Waals surface area contributed by atoms with Crippen LogP contribution in [0.25, 0.3) is 0 Å². The Morgan fingerprint density at radius 1 is 1.45 bits per heavy atom. The molecule has 0 heterocycles. The van der Waals surface area contributed by atoms with Crippen LogP contribution in [0.4, 0.5) is 0 Å². The lowest BCUT2D eigenvalue weighted by Gasteiger charge is -2.29. The Bertz CT molecular complexity index is 477. The second-order valence-corrected chi connectivity index (χ2v) is 7.05. The van der Waals surface area contributed by atoms with Gasteiger partial charge in [-0.25, -0.2) is 0 Å². The van der Waals surface area contributed by atoms with Crippen molar-refractivity contribution in [2.75, 3.05) is 18.1 Å². The van der Waals surface area contributed by atoms with Crippen molar-refractivity contribution in [3.05, 3.63) is 28.8 Å². The van der Waals surface area contributed by atoms with Crippen LogP contribution >= 0.6 is 39.3 Å². The molecule has 2 nitrogen and oxygen atoms in total. The summed E-state index contributed by atoms with van der Waals surface area (Å²) in [5, 5.41) is 1.35. The zero-order chi connectivity index (χ0) is 14.5. The standard InChI is InChI=1S/C15H19BrClNOS/c1-20-12-6-7-14(17)13(10-12)15(19)18(9-8-16)11-4-2-3-5-11/h6-7,10-11H,2-5,8-9H2,1H3. The summed E-state index contributed by atoms with van der Waals surface area (Å²) in [5.41, 5.74) is 0.631. The molecule has 0 atom stereocenters. The number of benzene rings is 1. The molecule has 1 saturated carbocycles. The summed E-state index contributed by atoms with van der Waals surface area (Å²) >= 11 is 11.3. The largest absolute Gasteiger partial charge is 0.335 e. The van der Waals surface area contributed by atoms with E-state index >= 15 is 0 Å². The Balaban J connectivity index is 2.26. The molecule has 0 bridgehead atoms. The van der Waals surface area contributed by atoms with E-state index in [1.165, 1.54) is 12.8 Å². The Morgan fingerprint density at radius 3 is 2.75 bits per heavy atom. The molecule has 1 aliphatic carbocycles. The van der Waals surface area contributed by atoms with E-state index < -0.39 is 0 Å². The SMILES string of the molecule is CSc1ccc(Cl)c(C(=O)N(CCBr)C2CCCC2)c1. The highest BCUT2D eigenvalue weighted by Gasteiger charge is 2.28. The number of thioether (sulfide) groups is 1. The van der Waals surface area contributed by atoms with Crippen LogP contribution < -0.4 is 0 Å². The van der Waals surface area contributed by atoms with Gasteiger partial charge >= 0.3 is 0 Å². The number of carbonyl (C=O) groups is 1. The van der Waals surface area contributed by atoms with Crippen molar-refractivity contribution in [1.29, 1.82) is 0 Å². The minimum Gasteiger partial charge on any atom is -0.335 e. The van der Waals surface area contributed by atoms with E-state index in [1.807, 2.05) is 29.4 Å². The van der Waals surface area contributed by atoms with Crippen LogP contribution in [0.15, 0.2) is 23.1 Å². The normalized spacial score (nSPS) is 15.6. The van der Waals surface area contributed by atoms with Gasteiger partial charge in [0.2, 0.25) is 0 Å². The summed E-state index contributed by atoms with van der Waals surface area (Å²) in [5.74, 6) is 0.0669. The van der Waals surface area contributed by atoms with Crippen molar-refractivity contribution in [2.45, 2.75) is 36.6 Å². The smallest absolute Gasteiger partial charge is 0.255 e. The van der Waals surface area contributed by atoms with Gasteiger partial charge in [-0.05, 0) is 37.3 Å². The molecular weight excluding hydrogens is 358 g/mol. The van der Waals surface area contributed by atoms with Crippen molar-refractivity contribution >= 4 is 45.2 Å². The fraction of sp³-hybridized carbons (Fsp3) is 0.533. The van der Waals surface area contributed by atoms with E-state index in [0.717, 1.165) is 29.6 Å². The van der Waals surface area contributed by atoms with Crippen LogP contribution in [-0.4, -0.2) is 35.0 Å². The summed E-state index contributed by atoms with van der Waals surface area (Å²) in [6.07, 6.45) is 6.66. The first-order valence-electron chi connectivity index (χ1n) is 6.88. The van der Waals surface area contributed by atoms with Crippen LogP contribution in [0.5, 0.6) is 0 Å². The molecule has 0 radical (unpaired) electrons. The van der Waals surface area contributed by atoms with Crippen LogP contribution in [0.3, 0.4) is 0 Å². The molecule has 1 amide bonds. The maximum absolute atomic E-state index is 12.8. The van der Waals surface area contributed by atoms with Gasteiger partial charge < -0.3 is 4.90 Å². The van der Waals surface area contributed by atoms with E-state index in [1.54, 1.807) is 11.8 Å². The highest BCUT2D eigenvalue weighted by molar-refractivity contribution is 9.09. The number of amides is 1.